The largest absolute Gasteiger partial charge is 0.389 e. The van der Waals surface area contributed by atoms with Gasteiger partial charge >= 0.3 is 0 Å². The molecule has 0 heterocycles. The molecule has 0 fully saturated rings. The van der Waals surface area contributed by atoms with Gasteiger partial charge in [-0.2, -0.15) is 0 Å². The van der Waals surface area contributed by atoms with Crippen LogP contribution in [0.1, 0.15) is 41.0 Å². The van der Waals surface area contributed by atoms with Crippen LogP contribution in [0.4, 0.5) is 0 Å². The van der Waals surface area contributed by atoms with E-state index in [1.165, 1.54) is 0 Å². The molecule has 0 amide bonds. The van der Waals surface area contributed by atoms with Crippen LogP contribution in [-0.2, 0) is 4.74 Å². The Kier molecular flexibility index (Phi) is 4.64. The SMILES string of the molecule is COC(C)(C)C(O)CC#CC(C)(C)C. The third-order valence-electron chi connectivity index (χ3n) is 2.09. The van der Waals surface area contributed by atoms with Gasteiger partial charge in [0.1, 0.15) is 0 Å². The van der Waals surface area contributed by atoms with Crippen molar-refractivity contribution in [2.75, 3.05) is 7.11 Å². The number of hydrogen-bond donors (Lipinski definition) is 1. The van der Waals surface area contributed by atoms with Crippen LogP contribution in [0.3, 0.4) is 0 Å². The van der Waals surface area contributed by atoms with Crippen molar-refractivity contribution in [2.45, 2.75) is 52.7 Å². The summed E-state index contributed by atoms with van der Waals surface area (Å²) in [5.74, 6) is 6.07. The molecule has 0 bridgehead atoms. The van der Waals surface area contributed by atoms with Crippen molar-refractivity contribution in [2.24, 2.45) is 5.41 Å². The lowest BCUT2D eigenvalue weighted by atomic mass is 9.95. The Morgan fingerprint density at radius 2 is 1.71 bits per heavy atom. The van der Waals surface area contributed by atoms with E-state index < -0.39 is 11.7 Å². The van der Waals surface area contributed by atoms with Gasteiger partial charge in [0.15, 0.2) is 0 Å². The van der Waals surface area contributed by atoms with E-state index in [9.17, 15) is 5.11 Å². The van der Waals surface area contributed by atoms with Crippen molar-refractivity contribution in [3.8, 4) is 11.8 Å². The molecular weight excluding hydrogens is 176 g/mol. The first-order chi connectivity index (χ1) is 6.19. The molecule has 2 heteroatoms. The van der Waals surface area contributed by atoms with E-state index >= 15 is 0 Å². The van der Waals surface area contributed by atoms with Gasteiger partial charge in [-0.25, -0.2) is 0 Å². The molecule has 0 aliphatic heterocycles. The smallest absolute Gasteiger partial charge is 0.0933 e. The topological polar surface area (TPSA) is 29.5 Å². The summed E-state index contributed by atoms with van der Waals surface area (Å²) in [7, 11) is 1.60. The number of methoxy groups -OCH3 is 1. The van der Waals surface area contributed by atoms with Gasteiger partial charge < -0.3 is 9.84 Å². The maximum atomic E-state index is 9.75. The van der Waals surface area contributed by atoms with Gasteiger partial charge in [-0.15, -0.1) is 0 Å². The van der Waals surface area contributed by atoms with E-state index in [0.717, 1.165) is 0 Å². The van der Waals surface area contributed by atoms with Crippen molar-refractivity contribution in [3.63, 3.8) is 0 Å². The van der Waals surface area contributed by atoms with Gasteiger partial charge in [0.2, 0.25) is 0 Å². The molecule has 0 radical (unpaired) electrons. The molecule has 0 saturated carbocycles. The van der Waals surface area contributed by atoms with Crippen LogP contribution in [0.5, 0.6) is 0 Å². The van der Waals surface area contributed by atoms with Gasteiger partial charge in [0.25, 0.3) is 0 Å². The summed E-state index contributed by atoms with van der Waals surface area (Å²) in [5.41, 5.74) is -0.524. The fourth-order valence-electron chi connectivity index (χ4n) is 0.795. The van der Waals surface area contributed by atoms with Crippen molar-refractivity contribution in [3.05, 3.63) is 0 Å². The fourth-order valence-corrected chi connectivity index (χ4v) is 0.795. The predicted molar refractivity (Wildman–Crippen MR) is 58.9 cm³/mol. The van der Waals surface area contributed by atoms with Gasteiger partial charge in [0, 0.05) is 18.9 Å². The Balaban J connectivity index is 4.20. The van der Waals surface area contributed by atoms with Crippen LogP contribution in [0, 0.1) is 17.3 Å². The highest BCUT2D eigenvalue weighted by Crippen LogP contribution is 2.16. The maximum Gasteiger partial charge on any atom is 0.0933 e. The summed E-state index contributed by atoms with van der Waals surface area (Å²) >= 11 is 0. The van der Waals surface area contributed by atoms with E-state index in [1.807, 2.05) is 34.6 Å². The van der Waals surface area contributed by atoms with Crippen molar-refractivity contribution in [1.29, 1.82) is 0 Å². The molecule has 0 aliphatic carbocycles. The summed E-state index contributed by atoms with van der Waals surface area (Å²) in [6.07, 6.45) is -0.0830. The Hall–Kier alpha value is -0.520. The second kappa shape index (κ2) is 4.82. The molecule has 0 rings (SSSR count). The van der Waals surface area contributed by atoms with Crippen LogP contribution >= 0.6 is 0 Å². The molecule has 0 aromatic rings. The van der Waals surface area contributed by atoms with Crippen LogP contribution in [0.25, 0.3) is 0 Å². The minimum atomic E-state index is -0.539. The summed E-state index contributed by atoms with van der Waals surface area (Å²) in [5, 5.41) is 9.75. The molecule has 0 aromatic carbocycles. The first kappa shape index (κ1) is 13.5. The summed E-state index contributed by atoms with van der Waals surface area (Å²) in [6.45, 7) is 9.86. The van der Waals surface area contributed by atoms with Gasteiger partial charge in [-0.3, -0.25) is 0 Å². The Labute approximate surface area is 87.7 Å². The standard InChI is InChI=1S/C12H22O2/c1-11(2,3)9-7-8-10(13)12(4,5)14-6/h10,13H,8H2,1-6H3. The highest BCUT2D eigenvalue weighted by Gasteiger charge is 2.26. The lowest BCUT2D eigenvalue weighted by Gasteiger charge is -2.27. The second-order valence-corrected chi connectivity index (χ2v) is 5.08. The molecule has 0 aliphatic rings. The Morgan fingerprint density at radius 3 is 2.07 bits per heavy atom. The highest BCUT2D eigenvalue weighted by molar-refractivity contribution is 5.08. The average Bonchev–Trinajstić information content (AvgIpc) is 2.02. The molecule has 1 unspecified atom stereocenters. The first-order valence-electron chi connectivity index (χ1n) is 4.92. The molecule has 0 saturated heterocycles. The van der Waals surface area contributed by atoms with E-state index in [1.54, 1.807) is 7.11 Å². The molecule has 1 N–H and O–H groups in total. The van der Waals surface area contributed by atoms with E-state index in [4.69, 9.17) is 4.74 Å². The predicted octanol–water partition coefficient (Wildman–Crippen LogP) is 2.21. The lowest BCUT2D eigenvalue weighted by molar-refractivity contribution is -0.0746. The molecule has 0 spiro atoms. The van der Waals surface area contributed by atoms with Crippen molar-refractivity contribution in [1.82, 2.24) is 0 Å². The summed E-state index contributed by atoms with van der Waals surface area (Å²) < 4.78 is 5.16. The first-order valence-corrected chi connectivity index (χ1v) is 4.92. The van der Waals surface area contributed by atoms with Crippen LogP contribution < -0.4 is 0 Å². The molecule has 0 aromatic heterocycles. The number of rotatable bonds is 3. The monoisotopic (exact) mass is 198 g/mol. The van der Waals surface area contributed by atoms with E-state index in [2.05, 4.69) is 11.8 Å². The van der Waals surface area contributed by atoms with Crippen LogP contribution in [0.2, 0.25) is 0 Å². The minimum absolute atomic E-state index is 0.00304. The van der Waals surface area contributed by atoms with Crippen LogP contribution in [-0.4, -0.2) is 23.9 Å². The number of hydrogen-bond acceptors (Lipinski definition) is 2. The van der Waals surface area contributed by atoms with Gasteiger partial charge in [-0.05, 0) is 34.6 Å². The van der Waals surface area contributed by atoms with Gasteiger partial charge in [-0.1, -0.05) is 11.8 Å². The van der Waals surface area contributed by atoms with Crippen LogP contribution in [0.15, 0.2) is 0 Å². The fraction of sp³-hybridized carbons (Fsp3) is 0.833. The Bertz CT molecular complexity index is 225. The number of ether oxygens (including phenoxy) is 1. The molecule has 2 nitrogen and oxygen atoms in total. The zero-order valence-corrected chi connectivity index (χ0v) is 10.1. The zero-order chi connectivity index (χ0) is 11.4. The van der Waals surface area contributed by atoms with Gasteiger partial charge in [0.05, 0.1) is 11.7 Å². The van der Waals surface area contributed by atoms with Crippen molar-refractivity contribution >= 4 is 0 Å². The maximum absolute atomic E-state index is 9.75. The molecule has 1 atom stereocenters. The quantitative estimate of drug-likeness (QED) is 0.705. The zero-order valence-electron chi connectivity index (χ0n) is 10.1. The average molecular weight is 198 g/mol. The van der Waals surface area contributed by atoms with E-state index in [0.29, 0.717) is 6.42 Å². The summed E-state index contributed by atoms with van der Waals surface area (Å²) in [6, 6.07) is 0. The third-order valence-corrected chi connectivity index (χ3v) is 2.09. The highest BCUT2D eigenvalue weighted by atomic mass is 16.5. The number of aliphatic hydroxyl groups is 1. The lowest BCUT2D eigenvalue weighted by Crippen LogP contribution is -2.37. The Morgan fingerprint density at radius 1 is 1.21 bits per heavy atom. The van der Waals surface area contributed by atoms with Crippen molar-refractivity contribution < 1.29 is 9.84 Å². The van der Waals surface area contributed by atoms with E-state index in [-0.39, 0.29) is 5.41 Å². The third kappa shape index (κ3) is 5.26. The minimum Gasteiger partial charge on any atom is -0.389 e. The molecular formula is C12H22O2. The number of aliphatic hydroxyl groups excluding tert-OH is 1. The molecule has 82 valence electrons. The second-order valence-electron chi connectivity index (χ2n) is 5.08. The normalized spacial score (nSPS) is 14.5. The summed E-state index contributed by atoms with van der Waals surface area (Å²) in [4.78, 5) is 0. The molecule has 14 heavy (non-hydrogen) atoms.